The molecule has 0 spiro atoms. The summed E-state index contributed by atoms with van der Waals surface area (Å²) < 4.78 is 5.46. The predicted molar refractivity (Wildman–Crippen MR) is 70.6 cm³/mol. The maximum atomic E-state index is 5.83. The van der Waals surface area contributed by atoms with Crippen molar-refractivity contribution in [2.24, 2.45) is 0 Å². The van der Waals surface area contributed by atoms with Gasteiger partial charge in [0.05, 0.1) is 0 Å². The molecule has 1 heterocycles. The number of aryl methyl sites for hydroxylation is 1. The molecule has 0 bridgehead atoms. The van der Waals surface area contributed by atoms with Gasteiger partial charge in [0.1, 0.15) is 16.8 Å². The van der Waals surface area contributed by atoms with E-state index in [1.165, 1.54) is 6.42 Å². The Balaban J connectivity index is 2.13. The van der Waals surface area contributed by atoms with Crippen molar-refractivity contribution < 1.29 is 4.74 Å². The third-order valence-corrected chi connectivity index (χ3v) is 2.41. The van der Waals surface area contributed by atoms with E-state index in [-0.39, 0.29) is 0 Å². The molecule has 1 N–H and O–H groups in total. The lowest BCUT2D eigenvalue weighted by molar-refractivity contribution is 0.131. The lowest BCUT2D eigenvalue weighted by atomic mass is 10.3. The largest absolute Gasteiger partial charge is 0.381 e. The predicted octanol–water partition coefficient (Wildman–Crippen LogP) is 3.06. The third kappa shape index (κ3) is 6.44. The van der Waals surface area contributed by atoms with Crippen molar-refractivity contribution in [3.05, 3.63) is 17.0 Å². The van der Waals surface area contributed by atoms with Crippen molar-refractivity contribution in [2.75, 3.05) is 25.1 Å². The Morgan fingerprint density at radius 2 is 2.06 bits per heavy atom. The summed E-state index contributed by atoms with van der Waals surface area (Å²) in [6, 6.07) is 1.73. The van der Waals surface area contributed by atoms with Crippen LogP contribution in [0.15, 0.2) is 6.07 Å². The number of nitrogens with one attached hydrogen (secondary N) is 1. The quantitative estimate of drug-likeness (QED) is 0.574. The summed E-state index contributed by atoms with van der Waals surface area (Å²) in [6.45, 7) is 6.45. The van der Waals surface area contributed by atoms with Gasteiger partial charge in [-0.25, -0.2) is 9.97 Å². The zero-order valence-corrected chi connectivity index (χ0v) is 11.3. The van der Waals surface area contributed by atoms with Gasteiger partial charge in [0.25, 0.3) is 0 Å². The van der Waals surface area contributed by atoms with Gasteiger partial charge in [0.15, 0.2) is 0 Å². The van der Waals surface area contributed by atoms with Gasteiger partial charge in [-0.05, 0) is 19.8 Å². The molecular formula is C12H20ClN3O. The minimum atomic E-state index is 0.471. The van der Waals surface area contributed by atoms with Crippen molar-refractivity contribution in [3.63, 3.8) is 0 Å². The van der Waals surface area contributed by atoms with Crippen molar-refractivity contribution >= 4 is 17.4 Å². The smallest absolute Gasteiger partial charge is 0.134 e. The Labute approximate surface area is 108 Å². The van der Waals surface area contributed by atoms with E-state index in [2.05, 4.69) is 22.2 Å². The van der Waals surface area contributed by atoms with Crippen molar-refractivity contribution in [2.45, 2.75) is 33.1 Å². The van der Waals surface area contributed by atoms with Crippen LogP contribution < -0.4 is 5.32 Å². The molecule has 0 fully saturated rings. The normalized spacial score (nSPS) is 10.5. The zero-order valence-electron chi connectivity index (χ0n) is 10.5. The Morgan fingerprint density at radius 3 is 2.76 bits per heavy atom. The van der Waals surface area contributed by atoms with Gasteiger partial charge in [-0.15, -0.1) is 0 Å². The first-order valence-corrected chi connectivity index (χ1v) is 6.43. The van der Waals surface area contributed by atoms with Crippen LogP contribution >= 0.6 is 11.6 Å². The molecule has 0 saturated carbocycles. The van der Waals surface area contributed by atoms with Gasteiger partial charge in [0.2, 0.25) is 0 Å². The molecule has 0 saturated heterocycles. The maximum absolute atomic E-state index is 5.83. The molecule has 0 aliphatic carbocycles. The first-order chi connectivity index (χ1) is 8.22. The fourth-order valence-electron chi connectivity index (χ4n) is 1.36. The summed E-state index contributed by atoms with van der Waals surface area (Å²) in [6.07, 6.45) is 3.27. The van der Waals surface area contributed by atoms with Gasteiger partial charge in [0, 0.05) is 25.8 Å². The van der Waals surface area contributed by atoms with E-state index in [1.807, 2.05) is 6.92 Å². The van der Waals surface area contributed by atoms with Crippen LogP contribution in [-0.2, 0) is 4.74 Å². The molecule has 96 valence electrons. The average Bonchev–Trinajstić information content (AvgIpc) is 2.26. The van der Waals surface area contributed by atoms with Gasteiger partial charge in [-0.1, -0.05) is 24.9 Å². The minimum absolute atomic E-state index is 0.471. The van der Waals surface area contributed by atoms with Crippen LogP contribution in [0.2, 0.25) is 5.15 Å². The van der Waals surface area contributed by atoms with Crippen LogP contribution in [0.5, 0.6) is 0 Å². The monoisotopic (exact) mass is 257 g/mol. The summed E-state index contributed by atoms with van der Waals surface area (Å²) >= 11 is 5.83. The molecule has 0 aliphatic heterocycles. The van der Waals surface area contributed by atoms with Crippen LogP contribution in [-0.4, -0.2) is 29.7 Å². The molecule has 1 aromatic rings. The molecule has 0 unspecified atom stereocenters. The van der Waals surface area contributed by atoms with Crippen LogP contribution in [0.4, 0.5) is 5.82 Å². The Bertz CT molecular complexity index is 313. The summed E-state index contributed by atoms with van der Waals surface area (Å²) in [5.41, 5.74) is 0. The number of hydrogen-bond donors (Lipinski definition) is 1. The SMILES string of the molecule is CCCCOCCCNc1cc(Cl)nc(C)n1. The van der Waals surface area contributed by atoms with Crippen molar-refractivity contribution in [1.82, 2.24) is 9.97 Å². The van der Waals surface area contributed by atoms with Crippen LogP contribution in [0.25, 0.3) is 0 Å². The second-order valence-electron chi connectivity index (χ2n) is 3.87. The Kier molecular flexibility index (Phi) is 6.89. The minimum Gasteiger partial charge on any atom is -0.381 e. The van der Waals surface area contributed by atoms with Crippen LogP contribution in [0.3, 0.4) is 0 Å². The molecule has 1 rings (SSSR count). The standard InChI is InChI=1S/C12H20ClN3O/c1-3-4-7-17-8-5-6-14-12-9-11(13)15-10(2)16-12/h9H,3-8H2,1-2H3,(H,14,15,16). The highest BCUT2D eigenvalue weighted by molar-refractivity contribution is 6.29. The molecule has 1 aromatic heterocycles. The number of hydrogen-bond acceptors (Lipinski definition) is 4. The topological polar surface area (TPSA) is 47.0 Å². The number of anilines is 1. The first kappa shape index (κ1) is 14.2. The third-order valence-electron chi connectivity index (χ3n) is 2.22. The molecular weight excluding hydrogens is 238 g/mol. The first-order valence-electron chi connectivity index (χ1n) is 6.05. The number of halogens is 1. The number of unbranched alkanes of at least 4 members (excludes halogenated alkanes) is 1. The van der Waals surface area contributed by atoms with E-state index < -0.39 is 0 Å². The average molecular weight is 258 g/mol. The van der Waals surface area contributed by atoms with E-state index in [1.54, 1.807) is 6.07 Å². The van der Waals surface area contributed by atoms with E-state index >= 15 is 0 Å². The highest BCUT2D eigenvalue weighted by Crippen LogP contribution is 2.10. The Morgan fingerprint density at radius 1 is 1.29 bits per heavy atom. The number of aromatic nitrogens is 2. The summed E-state index contributed by atoms with van der Waals surface area (Å²) in [4.78, 5) is 8.24. The number of nitrogens with zero attached hydrogens (tertiary/aromatic N) is 2. The Hall–Kier alpha value is -0.870. The second kappa shape index (κ2) is 8.25. The summed E-state index contributed by atoms with van der Waals surface area (Å²) in [7, 11) is 0. The lowest BCUT2D eigenvalue weighted by Crippen LogP contribution is -2.08. The van der Waals surface area contributed by atoms with Crippen molar-refractivity contribution in [3.8, 4) is 0 Å². The molecule has 0 atom stereocenters. The molecule has 0 aliphatic rings. The van der Waals surface area contributed by atoms with Gasteiger partial charge >= 0.3 is 0 Å². The van der Waals surface area contributed by atoms with Crippen LogP contribution in [0.1, 0.15) is 32.0 Å². The summed E-state index contributed by atoms with van der Waals surface area (Å²) in [5, 5.41) is 3.67. The molecule has 0 radical (unpaired) electrons. The maximum Gasteiger partial charge on any atom is 0.134 e. The molecule has 0 aromatic carbocycles. The van der Waals surface area contributed by atoms with Gasteiger partial charge in [-0.2, -0.15) is 0 Å². The molecule has 4 nitrogen and oxygen atoms in total. The lowest BCUT2D eigenvalue weighted by Gasteiger charge is -2.07. The summed E-state index contributed by atoms with van der Waals surface area (Å²) in [5.74, 6) is 1.45. The van der Waals surface area contributed by atoms with Crippen molar-refractivity contribution in [1.29, 1.82) is 0 Å². The second-order valence-corrected chi connectivity index (χ2v) is 4.26. The highest BCUT2D eigenvalue weighted by atomic mass is 35.5. The van der Waals surface area contributed by atoms with Crippen LogP contribution in [0, 0.1) is 6.92 Å². The fourth-order valence-corrected chi connectivity index (χ4v) is 1.59. The zero-order chi connectivity index (χ0) is 12.5. The highest BCUT2D eigenvalue weighted by Gasteiger charge is 1.98. The molecule has 5 heteroatoms. The molecule has 0 amide bonds. The van der Waals surface area contributed by atoms with E-state index in [9.17, 15) is 0 Å². The van der Waals surface area contributed by atoms with Gasteiger partial charge in [-0.3, -0.25) is 0 Å². The van der Waals surface area contributed by atoms with E-state index in [4.69, 9.17) is 16.3 Å². The fraction of sp³-hybridized carbons (Fsp3) is 0.667. The van der Waals surface area contributed by atoms with Gasteiger partial charge < -0.3 is 10.1 Å². The van der Waals surface area contributed by atoms with E-state index in [0.29, 0.717) is 11.0 Å². The molecule has 17 heavy (non-hydrogen) atoms. The number of rotatable bonds is 8. The van der Waals surface area contributed by atoms with E-state index in [0.717, 1.165) is 38.4 Å². The number of ether oxygens (including phenoxy) is 1.